The number of carbonyl (C=O) groups is 1. The van der Waals surface area contributed by atoms with E-state index >= 15 is 0 Å². The van der Waals surface area contributed by atoms with Crippen LogP contribution in [0.25, 0.3) is 0 Å². The number of hydrogen-bond acceptors (Lipinski definition) is 4. The minimum Gasteiger partial charge on any atom is -0.353 e. The molecule has 1 amide bonds. The fraction of sp³-hybridized carbons (Fsp3) is 0.389. The molecular formula is C18H19Cl2N3OS. The topological polar surface area (TPSA) is 44.4 Å². The first-order chi connectivity index (χ1) is 12.0. The van der Waals surface area contributed by atoms with Crippen molar-refractivity contribution in [2.45, 2.75) is 39.0 Å². The van der Waals surface area contributed by atoms with Gasteiger partial charge < -0.3 is 10.6 Å². The van der Waals surface area contributed by atoms with Gasteiger partial charge in [-0.15, -0.1) is 11.3 Å². The van der Waals surface area contributed by atoms with Gasteiger partial charge in [0.2, 0.25) is 0 Å². The van der Waals surface area contributed by atoms with Crippen LogP contribution < -0.4 is 10.6 Å². The number of thiophene rings is 1. The molecule has 0 aliphatic carbocycles. The summed E-state index contributed by atoms with van der Waals surface area (Å²) in [4.78, 5) is 16.5. The van der Waals surface area contributed by atoms with Crippen LogP contribution in [0.3, 0.4) is 0 Å². The van der Waals surface area contributed by atoms with E-state index in [1.807, 2.05) is 0 Å². The number of halogens is 2. The Morgan fingerprint density at radius 3 is 2.64 bits per heavy atom. The third-order valence-corrected chi connectivity index (χ3v) is 6.69. The molecule has 2 aliphatic rings. The number of carbonyl (C=O) groups excluding carboxylic acids is 1. The minimum atomic E-state index is -0.414. The van der Waals surface area contributed by atoms with Crippen molar-refractivity contribution in [1.29, 1.82) is 0 Å². The van der Waals surface area contributed by atoms with Gasteiger partial charge in [0.1, 0.15) is 11.2 Å². The van der Waals surface area contributed by atoms with Crippen molar-refractivity contribution in [3.63, 3.8) is 0 Å². The number of nitrogens with zero attached hydrogens (tertiary/aromatic N) is 1. The first-order valence-electron chi connectivity index (χ1n) is 8.35. The maximum atomic E-state index is 12.8. The fourth-order valence-corrected chi connectivity index (χ4v) is 5.42. The van der Waals surface area contributed by atoms with Gasteiger partial charge in [-0.3, -0.25) is 9.69 Å². The fourth-order valence-electron chi connectivity index (χ4n) is 3.51. The summed E-state index contributed by atoms with van der Waals surface area (Å²) in [6.45, 7) is 6.30. The van der Waals surface area contributed by atoms with Crippen LogP contribution in [0, 0.1) is 0 Å². The third-order valence-electron chi connectivity index (χ3n) is 4.88. The molecule has 132 valence electrons. The van der Waals surface area contributed by atoms with Crippen LogP contribution >= 0.6 is 34.5 Å². The van der Waals surface area contributed by atoms with Gasteiger partial charge >= 0.3 is 0 Å². The zero-order chi connectivity index (χ0) is 17.7. The van der Waals surface area contributed by atoms with Crippen LogP contribution in [0.15, 0.2) is 18.2 Å². The third kappa shape index (κ3) is 2.93. The highest BCUT2D eigenvalue weighted by Crippen LogP contribution is 2.42. The highest BCUT2D eigenvalue weighted by atomic mass is 35.5. The molecule has 0 fully saturated rings. The molecule has 1 aromatic carbocycles. The second-order valence-corrected chi connectivity index (χ2v) is 8.63. The van der Waals surface area contributed by atoms with E-state index in [0.29, 0.717) is 21.7 Å². The molecule has 0 radical (unpaired) electrons. The number of amides is 1. The summed E-state index contributed by atoms with van der Waals surface area (Å²) in [5.74, 6) is -0.0507. The Morgan fingerprint density at radius 1 is 1.24 bits per heavy atom. The van der Waals surface area contributed by atoms with E-state index in [0.717, 1.165) is 30.1 Å². The van der Waals surface area contributed by atoms with Crippen molar-refractivity contribution in [2.75, 3.05) is 11.9 Å². The number of anilines is 1. The van der Waals surface area contributed by atoms with Gasteiger partial charge in [-0.1, -0.05) is 29.3 Å². The summed E-state index contributed by atoms with van der Waals surface area (Å²) in [5.41, 5.74) is 2.69. The standard InChI is InChI=1S/C18H19Cl2N3OS/c1-9(2)23-7-6-10-13(8-23)25-18-14(10)17(24)21-16(22-18)15-11(19)4-3-5-12(15)20/h3-5,9,16,22H,6-8H2,1-2H3,(H,21,24)/t16-/m1/s1. The van der Waals surface area contributed by atoms with Crippen molar-refractivity contribution in [3.05, 3.63) is 49.8 Å². The number of hydrogen-bond donors (Lipinski definition) is 2. The Bertz CT molecular complexity index is 829. The van der Waals surface area contributed by atoms with Gasteiger partial charge in [-0.05, 0) is 38.0 Å². The monoisotopic (exact) mass is 395 g/mol. The minimum absolute atomic E-state index is 0.0507. The van der Waals surface area contributed by atoms with Crippen LogP contribution in [0.2, 0.25) is 10.0 Å². The van der Waals surface area contributed by atoms with E-state index in [1.165, 1.54) is 10.4 Å². The maximum Gasteiger partial charge on any atom is 0.256 e. The molecule has 3 heterocycles. The molecule has 7 heteroatoms. The summed E-state index contributed by atoms with van der Waals surface area (Å²) in [6, 6.07) is 5.87. The molecule has 0 unspecified atom stereocenters. The SMILES string of the molecule is CC(C)N1CCc2c(sc3c2C(=O)N[C@@H](c2c(Cl)cccc2Cl)N3)C1. The van der Waals surface area contributed by atoms with E-state index in [-0.39, 0.29) is 5.91 Å². The van der Waals surface area contributed by atoms with Gasteiger partial charge in [-0.25, -0.2) is 0 Å². The predicted molar refractivity (Wildman–Crippen MR) is 104 cm³/mol. The highest BCUT2D eigenvalue weighted by molar-refractivity contribution is 7.16. The van der Waals surface area contributed by atoms with Gasteiger partial charge in [0, 0.05) is 39.6 Å². The van der Waals surface area contributed by atoms with Gasteiger partial charge in [0.15, 0.2) is 0 Å². The highest BCUT2D eigenvalue weighted by Gasteiger charge is 2.34. The van der Waals surface area contributed by atoms with Crippen LogP contribution in [-0.2, 0) is 13.0 Å². The molecule has 0 bridgehead atoms. The van der Waals surface area contributed by atoms with Gasteiger partial charge in [0.05, 0.1) is 5.56 Å². The van der Waals surface area contributed by atoms with E-state index in [2.05, 4.69) is 29.4 Å². The zero-order valence-corrected chi connectivity index (χ0v) is 16.4. The number of nitrogens with one attached hydrogen (secondary N) is 2. The lowest BCUT2D eigenvalue weighted by Crippen LogP contribution is -2.39. The zero-order valence-electron chi connectivity index (χ0n) is 14.0. The first-order valence-corrected chi connectivity index (χ1v) is 9.93. The molecule has 1 atom stereocenters. The van der Waals surface area contributed by atoms with Crippen molar-refractivity contribution in [2.24, 2.45) is 0 Å². The lowest BCUT2D eigenvalue weighted by molar-refractivity contribution is 0.0934. The van der Waals surface area contributed by atoms with Crippen LogP contribution in [0.1, 0.15) is 46.4 Å². The summed E-state index contributed by atoms with van der Waals surface area (Å²) in [7, 11) is 0. The molecule has 4 nitrogen and oxygen atoms in total. The van der Waals surface area contributed by atoms with Gasteiger partial charge in [0.25, 0.3) is 5.91 Å². The molecule has 1 aromatic heterocycles. The summed E-state index contributed by atoms with van der Waals surface area (Å²) < 4.78 is 0. The quantitative estimate of drug-likeness (QED) is 0.775. The maximum absolute atomic E-state index is 12.8. The Hall–Kier alpha value is -1.27. The molecule has 25 heavy (non-hydrogen) atoms. The van der Waals surface area contributed by atoms with Crippen LogP contribution in [-0.4, -0.2) is 23.4 Å². The predicted octanol–water partition coefficient (Wildman–Crippen LogP) is 4.68. The summed E-state index contributed by atoms with van der Waals surface area (Å²) >= 11 is 14.3. The Morgan fingerprint density at radius 2 is 1.96 bits per heavy atom. The first kappa shape index (κ1) is 17.2. The molecule has 4 rings (SSSR count). The molecular weight excluding hydrogens is 377 g/mol. The smallest absolute Gasteiger partial charge is 0.256 e. The lowest BCUT2D eigenvalue weighted by Gasteiger charge is -2.31. The van der Waals surface area contributed by atoms with Crippen LogP contribution in [0.5, 0.6) is 0 Å². The van der Waals surface area contributed by atoms with E-state index in [4.69, 9.17) is 23.2 Å². The van der Waals surface area contributed by atoms with Crippen molar-refractivity contribution < 1.29 is 4.79 Å². The molecule has 0 saturated carbocycles. The van der Waals surface area contributed by atoms with E-state index in [9.17, 15) is 4.79 Å². The largest absolute Gasteiger partial charge is 0.353 e. The molecule has 0 saturated heterocycles. The Balaban J connectivity index is 1.70. The van der Waals surface area contributed by atoms with Crippen molar-refractivity contribution >= 4 is 45.4 Å². The second-order valence-electron chi connectivity index (χ2n) is 6.71. The van der Waals surface area contributed by atoms with E-state index < -0.39 is 6.17 Å². The average Bonchev–Trinajstić information content (AvgIpc) is 2.92. The number of fused-ring (bicyclic) bond motifs is 3. The van der Waals surface area contributed by atoms with Crippen molar-refractivity contribution in [3.8, 4) is 0 Å². The molecule has 2 aromatic rings. The summed E-state index contributed by atoms with van der Waals surface area (Å²) in [5, 5.41) is 8.44. The van der Waals surface area contributed by atoms with Crippen molar-refractivity contribution in [1.82, 2.24) is 10.2 Å². The number of benzene rings is 1. The lowest BCUT2D eigenvalue weighted by atomic mass is 9.99. The number of rotatable bonds is 2. The summed E-state index contributed by atoms with van der Waals surface area (Å²) in [6.07, 6.45) is 0.494. The van der Waals surface area contributed by atoms with Crippen LogP contribution in [0.4, 0.5) is 5.00 Å². The second kappa shape index (κ2) is 6.47. The Labute approximate surface area is 161 Å². The normalized spacial score (nSPS) is 20.0. The van der Waals surface area contributed by atoms with Gasteiger partial charge in [-0.2, -0.15) is 0 Å². The average molecular weight is 396 g/mol. The molecule has 2 N–H and O–H groups in total. The Kier molecular flexibility index (Phi) is 4.44. The van der Waals surface area contributed by atoms with E-state index in [1.54, 1.807) is 29.5 Å². The molecule has 0 spiro atoms. The molecule has 2 aliphatic heterocycles.